The minimum absolute atomic E-state index is 0.0463. The maximum atomic E-state index is 13.9. The number of amides is 2. The van der Waals surface area contributed by atoms with Crippen molar-refractivity contribution in [3.8, 4) is 0 Å². The number of ether oxygens (including phenoxy) is 7. The van der Waals surface area contributed by atoms with E-state index in [0.717, 1.165) is 0 Å². The van der Waals surface area contributed by atoms with Gasteiger partial charge in [-0.1, -0.05) is 0 Å². The summed E-state index contributed by atoms with van der Waals surface area (Å²) in [4.78, 5) is 57.9. The highest BCUT2D eigenvalue weighted by molar-refractivity contribution is 5.71. The first kappa shape index (κ1) is 47.7. The van der Waals surface area contributed by atoms with E-state index < -0.39 is 109 Å². The van der Waals surface area contributed by atoms with Gasteiger partial charge in [-0.25, -0.2) is 18.4 Å². The van der Waals surface area contributed by atoms with Crippen molar-refractivity contribution in [3.05, 3.63) is 0 Å². The van der Waals surface area contributed by atoms with Crippen molar-refractivity contribution in [2.24, 2.45) is 0 Å². The Balaban J connectivity index is 0.000000220. The van der Waals surface area contributed by atoms with Crippen molar-refractivity contribution < 1.29 is 99.7 Å². The zero-order chi connectivity index (χ0) is 43.4. The summed E-state index contributed by atoms with van der Waals surface area (Å²) in [7, 11) is 0. The van der Waals surface area contributed by atoms with E-state index in [1.54, 1.807) is 41.5 Å². The van der Waals surface area contributed by atoms with Crippen LogP contribution in [-0.4, -0.2) is 180 Å². The van der Waals surface area contributed by atoms with Crippen LogP contribution in [0.15, 0.2) is 0 Å². The molecule has 23 heteroatoms. The monoisotopic (exact) mass is 837 g/mol. The highest BCUT2D eigenvalue weighted by Gasteiger charge is 2.56. The number of aliphatic hydroxyl groups is 2. The molecule has 6 saturated heterocycles. The first-order chi connectivity index (χ1) is 26.1. The number of β-amino-alcohol motifs (C(OH)–C–C–N with tert-alkyl or cyclic N) is 1. The largest absolute Gasteiger partial charge is 0.542 e. The van der Waals surface area contributed by atoms with Gasteiger partial charge in [-0.3, -0.25) is 19.4 Å². The molecule has 57 heavy (non-hydrogen) atoms. The van der Waals surface area contributed by atoms with Crippen LogP contribution in [-0.2, 0) is 47.5 Å². The third-order valence-corrected chi connectivity index (χ3v) is 8.95. The van der Waals surface area contributed by atoms with E-state index in [0.29, 0.717) is 13.2 Å². The van der Waals surface area contributed by atoms with Crippen LogP contribution >= 0.6 is 0 Å². The van der Waals surface area contributed by atoms with Gasteiger partial charge in [-0.05, 0) is 41.5 Å². The summed E-state index contributed by atoms with van der Waals surface area (Å²) in [6.45, 7) is 14.1. The number of carbonyl (C=O) groups is 5. The van der Waals surface area contributed by atoms with E-state index in [1.165, 1.54) is 23.6 Å². The van der Waals surface area contributed by atoms with Gasteiger partial charge in [-0.15, -0.1) is 0 Å². The van der Waals surface area contributed by atoms with Crippen molar-refractivity contribution in [1.82, 2.24) is 9.80 Å². The number of carboxylic acid groups (broad SMARTS) is 1. The molecule has 0 unspecified atom stereocenters. The van der Waals surface area contributed by atoms with Crippen LogP contribution < -0.4 is 10.4 Å². The normalized spacial score (nSPS) is 33.9. The number of hydrogen-bond donors (Lipinski definition) is 3. The number of nitrogens with zero attached hydrogens (tertiary/aromatic N) is 2. The lowest BCUT2D eigenvalue weighted by Crippen LogP contribution is -2.89. The number of alkyl halides is 5. The molecule has 0 aliphatic carbocycles. The number of carboxylic acids is 1. The van der Waals surface area contributed by atoms with Gasteiger partial charge in [0.05, 0.1) is 32.9 Å². The van der Waals surface area contributed by atoms with E-state index in [2.05, 4.69) is 0 Å². The lowest BCUT2D eigenvalue weighted by Gasteiger charge is -2.29. The van der Waals surface area contributed by atoms with Crippen molar-refractivity contribution in [2.75, 3.05) is 39.5 Å². The zero-order valence-electron chi connectivity index (χ0n) is 32.7. The van der Waals surface area contributed by atoms with E-state index in [1.807, 2.05) is 5.32 Å². The molecule has 6 fully saturated rings. The first-order valence-corrected chi connectivity index (χ1v) is 18.1. The number of likely N-dealkylation sites (tertiary alicyclic amines) is 2. The predicted octanol–water partition coefficient (Wildman–Crippen LogP) is -1.10. The molecule has 4 N–H and O–H groups in total. The molecular weight excluding hydrogens is 785 g/mol. The standard InChI is InChI=1S/C13H20FNO5.C13H21NO6.C6H10FNO2.C2HF3O2/c1-7(16)19-9-6-18-11-8(14)5-15(10(9)11)12(17)20-13(2,3)4;1-7(15)19-9-6-18-11-8(16)5-14(10(9)11)12(17)20-13(2,3)4;7-3-1-8-5-4(9)2-10-6(3)5;3-2(4,5)1(6)7/h8-11H,5-6H2,1-4H3;8-11,16H,5-6H2,1-4H3;3-6,8-9H,1-2H2;(H,6,7)/t8-,9-,10+,11+;8-,9+,10-,11-;3-,4-,5+,6+;/m010./s1. The second-order valence-electron chi connectivity index (χ2n) is 15.9. The quantitative estimate of drug-likeness (QED) is 0.170. The van der Waals surface area contributed by atoms with Gasteiger partial charge in [0.1, 0.15) is 90.7 Å². The summed E-state index contributed by atoms with van der Waals surface area (Å²) in [5, 5.41) is 29.8. The zero-order valence-corrected chi connectivity index (χ0v) is 32.7. The maximum Gasteiger partial charge on any atom is 0.430 e. The Hall–Kier alpha value is -3.64. The Kier molecular flexibility index (Phi) is 15.9. The van der Waals surface area contributed by atoms with Gasteiger partial charge < -0.3 is 58.6 Å². The van der Waals surface area contributed by atoms with Gasteiger partial charge in [0.2, 0.25) is 0 Å². The van der Waals surface area contributed by atoms with Crippen molar-refractivity contribution in [3.63, 3.8) is 0 Å². The van der Waals surface area contributed by atoms with Crippen LogP contribution in [0.5, 0.6) is 0 Å². The lowest BCUT2D eigenvalue weighted by molar-refractivity contribution is -0.677. The molecule has 0 aromatic carbocycles. The molecular formula is C34H52F5N3O15. The third-order valence-electron chi connectivity index (χ3n) is 8.95. The highest BCUT2D eigenvalue weighted by atomic mass is 19.4. The molecule has 0 aromatic heterocycles. The number of rotatable bonds is 2. The van der Waals surface area contributed by atoms with Gasteiger partial charge in [-0.2, -0.15) is 13.2 Å². The number of nitrogens with two attached hydrogens (primary N) is 1. The second-order valence-corrected chi connectivity index (χ2v) is 15.9. The molecule has 6 aliphatic heterocycles. The topological polar surface area (TPSA) is 237 Å². The van der Waals surface area contributed by atoms with Gasteiger partial charge >= 0.3 is 30.3 Å². The molecule has 0 radical (unpaired) electrons. The second kappa shape index (κ2) is 19.0. The summed E-state index contributed by atoms with van der Waals surface area (Å²) < 4.78 is 94.9. The Morgan fingerprint density at radius 2 is 1.11 bits per heavy atom. The fraction of sp³-hybridized carbons (Fsp3) is 0.853. The summed E-state index contributed by atoms with van der Waals surface area (Å²) in [5.74, 6) is -3.93. The summed E-state index contributed by atoms with van der Waals surface area (Å²) in [5.41, 5.74) is -1.30. The fourth-order valence-corrected chi connectivity index (χ4v) is 6.86. The van der Waals surface area contributed by atoms with Crippen molar-refractivity contribution >= 4 is 30.1 Å². The molecule has 2 amide bonds. The van der Waals surface area contributed by atoms with E-state index >= 15 is 0 Å². The van der Waals surface area contributed by atoms with E-state index in [9.17, 15) is 51.3 Å². The lowest BCUT2D eigenvalue weighted by atomic mass is 10.1. The van der Waals surface area contributed by atoms with Crippen LogP contribution in [0.1, 0.15) is 55.4 Å². The maximum absolute atomic E-state index is 13.9. The number of fused-ring (bicyclic) bond motifs is 3. The number of esters is 2. The Labute approximate surface area is 325 Å². The molecule has 18 nitrogen and oxygen atoms in total. The SMILES string of the molecule is CC(=O)O[C@H]1CO[C@H]2[C@@H]1N(C(=O)OC(C)(C)C)C[C@@H]2F.CC(=O)O[C@H]1CO[C@H]2[C@@H]1N(C(=O)OC(C)(C)C)C[C@H]2O.O=C([O-])C(F)(F)F.O[C@H]1CO[C@H]2[C@@H]1[NH2+]C[C@@H]2F. The average molecular weight is 838 g/mol. The van der Waals surface area contributed by atoms with Crippen LogP contribution in [0.3, 0.4) is 0 Å². The van der Waals surface area contributed by atoms with Crippen LogP contribution in [0, 0.1) is 0 Å². The predicted molar refractivity (Wildman–Crippen MR) is 177 cm³/mol. The third kappa shape index (κ3) is 13.2. The molecule has 6 heterocycles. The van der Waals surface area contributed by atoms with Crippen molar-refractivity contribution in [1.29, 1.82) is 0 Å². The first-order valence-electron chi connectivity index (χ1n) is 18.1. The minimum atomic E-state index is -5.19. The Bertz CT molecular complexity index is 1340. The molecule has 6 rings (SSSR count). The molecule has 6 aliphatic rings. The number of halogens is 5. The molecule has 0 aromatic rings. The van der Waals surface area contributed by atoms with Crippen molar-refractivity contribution in [2.45, 2.75) is 146 Å². The number of aliphatic carboxylic acids is 1. The molecule has 0 saturated carbocycles. The van der Waals surface area contributed by atoms with E-state index in [-0.39, 0.29) is 38.4 Å². The van der Waals surface area contributed by atoms with Crippen LogP contribution in [0.2, 0.25) is 0 Å². The Morgan fingerprint density at radius 1 is 0.684 bits per heavy atom. The molecule has 0 bridgehead atoms. The molecule has 328 valence electrons. The summed E-state index contributed by atoms with van der Waals surface area (Å²) in [6.07, 6.45) is -12.7. The summed E-state index contributed by atoms with van der Waals surface area (Å²) >= 11 is 0. The number of hydrogen-bond acceptors (Lipinski definition) is 15. The van der Waals surface area contributed by atoms with Gasteiger partial charge in [0, 0.05) is 13.8 Å². The van der Waals surface area contributed by atoms with Crippen LogP contribution in [0.25, 0.3) is 0 Å². The fourth-order valence-electron chi connectivity index (χ4n) is 6.86. The number of quaternary nitrogens is 1. The van der Waals surface area contributed by atoms with Gasteiger partial charge in [0.15, 0.2) is 6.17 Å². The summed E-state index contributed by atoms with van der Waals surface area (Å²) in [6, 6.07) is -1.16. The Morgan fingerprint density at radius 3 is 1.53 bits per heavy atom. The van der Waals surface area contributed by atoms with E-state index in [4.69, 9.17) is 43.1 Å². The average Bonchev–Trinajstić information content (AvgIpc) is 3.88. The smallest absolute Gasteiger partial charge is 0.430 e. The minimum Gasteiger partial charge on any atom is -0.542 e. The number of carbonyl (C=O) groups excluding carboxylic acids is 5. The molecule has 12 atom stereocenters. The van der Waals surface area contributed by atoms with Crippen LogP contribution in [0.4, 0.5) is 31.5 Å². The molecule has 0 spiro atoms. The van der Waals surface area contributed by atoms with Gasteiger partial charge in [0.25, 0.3) is 0 Å². The highest BCUT2D eigenvalue weighted by Crippen LogP contribution is 2.35. The number of aliphatic hydroxyl groups excluding tert-OH is 2.